The largest absolute Gasteiger partial charge is 0.372 e. The van der Waals surface area contributed by atoms with Crippen LogP contribution >= 0.6 is 15.9 Å². The first-order chi connectivity index (χ1) is 6.38. The molecule has 0 saturated carbocycles. The number of hydrogen-bond acceptors (Lipinski definition) is 2. The van der Waals surface area contributed by atoms with Crippen molar-refractivity contribution in [2.45, 2.75) is 19.4 Å². The van der Waals surface area contributed by atoms with Gasteiger partial charge in [0.2, 0.25) is 0 Å². The first-order valence-electron chi connectivity index (χ1n) is 3.98. The van der Waals surface area contributed by atoms with Crippen molar-refractivity contribution in [3.05, 3.63) is 33.5 Å². The van der Waals surface area contributed by atoms with Gasteiger partial charge in [-0.1, -0.05) is 15.9 Å². The van der Waals surface area contributed by atoms with Crippen molar-refractivity contribution < 1.29 is 9.50 Å². The molecule has 1 aromatic rings. The lowest BCUT2D eigenvalue weighted by Gasteiger charge is -2.16. The molecule has 14 heavy (non-hydrogen) atoms. The summed E-state index contributed by atoms with van der Waals surface area (Å²) < 4.78 is 14.2. The zero-order chi connectivity index (χ0) is 10.9. The molecule has 0 aliphatic heterocycles. The molecule has 0 spiro atoms. The fourth-order valence-corrected chi connectivity index (χ4v) is 1.71. The Labute approximate surface area is 90.1 Å². The number of nitrogens with zero attached hydrogens (tertiary/aromatic N) is 1. The van der Waals surface area contributed by atoms with Gasteiger partial charge in [-0.3, -0.25) is 0 Å². The minimum Gasteiger partial charge on any atom is -0.372 e. The van der Waals surface area contributed by atoms with Crippen molar-refractivity contribution in [2.24, 2.45) is 0 Å². The molecule has 4 heteroatoms. The topological polar surface area (TPSA) is 44.0 Å². The Morgan fingerprint density at radius 3 is 2.64 bits per heavy atom. The van der Waals surface area contributed by atoms with Gasteiger partial charge in [0, 0.05) is 10.0 Å². The van der Waals surface area contributed by atoms with E-state index >= 15 is 0 Å². The third kappa shape index (κ3) is 1.94. The summed E-state index contributed by atoms with van der Waals surface area (Å²) in [4.78, 5) is 0. The van der Waals surface area contributed by atoms with Gasteiger partial charge in [0.25, 0.3) is 0 Å². The van der Waals surface area contributed by atoms with Crippen LogP contribution in [0.1, 0.15) is 18.1 Å². The summed E-state index contributed by atoms with van der Waals surface area (Å²) in [6.45, 7) is 2.84. The van der Waals surface area contributed by atoms with Crippen molar-refractivity contribution in [2.75, 3.05) is 0 Å². The van der Waals surface area contributed by atoms with Gasteiger partial charge in [0.15, 0.2) is 5.60 Å². The van der Waals surface area contributed by atoms with Crippen molar-refractivity contribution in [3.8, 4) is 6.07 Å². The van der Waals surface area contributed by atoms with E-state index in [4.69, 9.17) is 5.26 Å². The minimum absolute atomic E-state index is 0.00752. The van der Waals surface area contributed by atoms with E-state index in [2.05, 4.69) is 15.9 Å². The lowest BCUT2D eigenvalue weighted by atomic mass is 9.95. The fraction of sp³-hybridized carbons (Fsp3) is 0.300. The molecule has 0 fully saturated rings. The first kappa shape index (κ1) is 11.2. The number of halogens is 2. The lowest BCUT2D eigenvalue weighted by molar-refractivity contribution is 0.115. The van der Waals surface area contributed by atoms with Crippen LogP contribution in [0.15, 0.2) is 16.6 Å². The van der Waals surface area contributed by atoms with Crippen LogP contribution in [0.3, 0.4) is 0 Å². The lowest BCUT2D eigenvalue weighted by Crippen LogP contribution is -2.20. The van der Waals surface area contributed by atoms with Crippen molar-refractivity contribution in [1.29, 1.82) is 5.26 Å². The normalized spacial score (nSPS) is 14.6. The van der Waals surface area contributed by atoms with Crippen LogP contribution in [0.5, 0.6) is 0 Å². The van der Waals surface area contributed by atoms with Gasteiger partial charge in [-0.05, 0) is 31.5 Å². The predicted octanol–water partition coefficient (Wildman–Crippen LogP) is 2.63. The van der Waals surface area contributed by atoms with E-state index in [0.717, 1.165) is 0 Å². The highest BCUT2D eigenvalue weighted by Crippen LogP contribution is 2.28. The van der Waals surface area contributed by atoms with E-state index in [1.807, 2.05) is 0 Å². The Balaban J connectivity index is 3.44. The molecule has 0 aliphatic carbocycles. The molecule has 1 N–H and O–H groups in total. The van der Waals surface area contributed by atoms with E-state index < -0.39 is 11.4 Å². The quantitative estimate of drug-likeness (QED) is 0.787. The Morgan fingerprint density at radius 2 is 2.14 bits per heavy atom. The number of rotatable bonds is 1. The fourth-order valence-electron chi connectivity index (χ4n) is 1.14. The average molecular weight is 258 g/mol. The maximum atomic E-state index is 13.5. The van der Waals surface area contributed by atoms with E-state index in [9.17, 15) is 9.50 Å². The minimum atomic E-state index is -1.79. The molecule has 1 atom stereocenters. The summed E-state index contributed by atoms with van der Waals surface area (Å²) in [6, 6.07) is 4.65. The predicted molar refractivity (Wildman–Crippen MR) is 54.0 cm³/mol. The number of hydrogen-bond donors (Lipinski definition) is 1. The van der Waals surface area contributed by atoms with Gasteiger partial charge in [-0.2, -0.15) is 5.26 Å². The van der Waals surface area contributed by atoms with Crippen LogP contribution in [0.4, 0.5) is 4.39 Å². The van der Waals surface area contributed by atoms with Crippen LogP contribution in [0.25, 0.3) is 0 Å². The zero-order valence-corrected chi connectivity index (χ0v) is 9.39. The summed E-state index contributed by atoms with van der Waals surface area (Å²) >= 11 is 3.18. The summed E-state index contributed by atoms with van der Waals surface area (Å²) in [5, 5.41) is 18.3. The van der Waals surface area contributed by atoms with E-state index in [0.29, 0.717) is 10.0 Å². The summed E-state index contributed by atoms with van der Waals surface area (Å²) in [6.07, 6.45) is 0. The summed E-state index contributed by atoms with van der Waals surface area (Å²) in [5.74, 6) is -0.542. The molecular formula is C10H9BrFNO. The van der Waals surface area contributed by atoms with E-state index in [1.54, 1.807) is 19.1 Å². The molecule has 0 aliphatic rings. The molecule has 0 heterocycles. The molecular weight excluding hydrogens is 249 g/mol. The standard InChI is InChI=1S/C10H9BrFNO/c1-6-3-7(11)4-8(9(6)12)10(2,14)5-13/h3-4,14H,1-2H3. The van der Waals surface area contributed by atoms with Gasteiger partial charge in [-0.25, -0.2) is 4.39 Å². The van der Waals surface area contributed by atoms with Gasteiger partial charge >= 0.3 is 0 Å². The Morgan fingerprint density at radius 1 is 1.57 bits per heavy atom. The highest BCUT2D eigenvalue weighted by Gasteiger charge is 2.27. The number of aryl methyl sites for hydroxylation is 1. The molecule has 1 unspecified atom stereocenters. The molecule has 1 aromatic carbocycles. The number of benzene rings is 1. The SMILES string of the molecule is Cc1cc(Br)cc(C(C)(O)C#N)c1F. The van der Waals surface area contributed by atoms with Gasteiger partial charge in [0.1, 0.15) is 11.9 Å². The molecule has 0 bridgehead atoms. The number of aliphatic hydroxyl groups is 1. The monoisotopic (exact) mass is 257 g/mol. The van der Waals surface area contributed by atoms with Crippen LogP contribution in [-0.4, -0.2) is 5.11 Å². The Kier molecular flexibility index (Phi) is 2.93. The summed E-state index contributed by atoms with van der Waals surface area (Å²) in [7, 11) is 0. The second-order valence-corrected chi connectivity index (χ2v) is 4.18. The Bertz CT molecular complexity index is 409. The second-order valence-electron chi connectivity index (χ2n) is 3.27. The van der Waals surface area contributed by atoms with Crippen LogP contribution in [0, 0.1) is 24.1 Å². The maximum Gasteiger partial charge on any atom is 0.176 e. The van der Waals surface area contributed by atoms with Crippen molar-refractivity contribution in [1.82, 2.24) is 0 Å². The second kappa shape index (κ2) is 3.68. The van der Waals surface area contributed by atoms with Crippen LogP contribution in [-0.2, 0) is 5.60 Å². The molecule has 1 rings (SSSR count). The van der Waals surface area contributed by atoms with Crippen LogP contribution in [0.2, 0.25) is 0 Å². The van der Waals surface area contributed by atoms with Crippen LogP contribution < -0.4 is 0 Å². The third-order valence-electron chi connectivity index (χ3n) is 1.96. The molecule has 0 amide bonds. The molecule has 74 valence electrons. The molecule has 0 saturated heterocycles. The van der Waals surface area contributed by atoms with Gasteiger partial charge in [0.05, 0.1) is 0 Å². The van der Waals surface area contributed by atoms with Crippen molar-refractivity contribution >= 4 is 15.9 Å². The Hall–Kier alpha value is -0.920. The molecule has 0 radical (unpaired) electrons. The first-order valence-corrected chi connectivity index (χ1v) is 4.77. The smallest absolute Gasteiger partial charge is 0.176 e. The summed E-state index contributed by atoms with van der Waals surface area (Å²) in [5.41, 5.74) is -1.41. The van der Waals surface area contributed by atoms with E-state index in [-0.39, 0.29) is 5.56 Å². The highest BCUT2D eigenvalue weighted by molar-refractivity contribution is 9.10. The van der Waals surface area contributed by atoms with Crippen molar-refractivity contribution in [3.63, 3.8) is 0 Å². The van der Waals surface area contributed by atoms with Gasteiger partial charge in [-0.15, -0.1) is 0 Å². The third-order valence-corrected chi connectivity index (χ3v) is 2.42. The molecule has 2 nitrogen and oxygen atoms in total. The maximum absolute atomic E-state index is 13.5. The average Bonchev–Trinajstić information content (AvgIpc) is 2.11. The zero-order valence-electron chi connectivity index (χ0n) is 7.81. The van der Waals surface area contributed by atoms with E-state index in [1.165, 1.54) is 13.0 Å². The number of nitriles is 1. The van der Waals surface area contributed by atoms with Gasteiger partial charge < -0.3 is 5.11 Å². The highest BCUT2D eigenvalue weighted by atomic mass is 79.9. The molecule has 0 aromatic heterocycles.